The van der Waals surface area contributed by atoms with E-state index in [4.69, 9.17) is 0 Å². The number of rotatable bonds is 5. The van der Waals surface area contributed by atoms with E-state index >= 15 is 0 Å². The van der Waals surface area contributed by atoms with Crippen LogP contribution in [0.1, 0.15) is 23.6 Å². The molecule has 1 fully saturated rings. The second-order valence-electron chi connectivity index (χ2n) is 7.83. The Kier molecular flexibility index (Phi) is 5.86. The molecule has 2 N–H and O–H groups in total. The van der Waals surface area contributed by atoms with Crippen molar-refractivity contribution >= 4 is 22.6 Å². The van der Waals surface area contributed by atoms with Crippen molar-refractivity contribution in [2.24, 2.45) is 0 Å². The van der Waals surface area contributed by atoms with Crippen LogP contribution in [0.4, 0.5) is 10.5 Å². The summed E-state index contributed by atoms with van der Waals surface area (Å²) in [5.41, 5.74) is 5.85. The van der Waals surface area contributed by atoms with Gasteiger partial charge in [0, 0.05) is 55.5 Å². The fraction of sp³-hybridized carbons (Fsp3) is 0.375. The Morgan fingerprint density at radius 1 is 1.03 bits per heavy atom. The molecule has 4 rings (SSSR count). The number of amides is 2. The normalized spacial score (nSPS) is 15.0. The fourth-order valence-corrected chi connectivity index (χ4v) is 4.18. The summed E-state index contributed by atoms with van der Waals surface area (Å²) in [5, 5.41) is 4.47. The summed E-state index contributed by atoms with van der Waals surface area (Å²) in [5.74, 6) is 0. The largest absolute Gasteiger partial charge is 0.361 e. The highest BCUT2D eigenvalue weighted by atomic mass is 16.2. The van der Waals surface area contributed by atoms with Crippen LogP contribution in [0, 0.1) is 6.92 Å². The molecule has 2 heterocycles. The first-order valence-corrected chi connectivity index (χ1v) is 10.6. The van der Waals surface area contributed by atoms with Gasteiger partial charge < -0.3 is 15.2 Å². The van der Waals surface area contributed by atoms with Crippen molar-refractivity contribution < 1.29 is 4.79 Å². The first-order valence-electron chi connectivity index (χ1n) is 10.6. The summed E-state index contributed by atoms with van der Waals surface area (Å²) in [6, 6.07) is 14.7. The predicted octanol–water partition coefficient (Wildman–Crippen LogP) is 4.43. The van der Waals surface area contributed by atoms with E-state index in [1.807, 2.05) is 4.90 Å². The lowest BCUT2D eigenvalue weighted by Gasteiger charge is -2.35. The molecule has 3 aromatic rings. The number of carbonyl (C=O) groups excluding carboxylic acids is 1. The number of para-hydroxylation sites is 2. The number of benzene rings is 2. The molecule has 1 aliphatic heterocycles. The van der Waals surface area contributed by atoms with Crippen molar-refractivity contribution in [3.05, 3.63) is 65.4 Å². The molecule has 0 saturated carbocycles. The maximum atomic E-state index is 12.8. The van der Waals surface area contributed by atoms with Gasteiger partial charge in [0.2, 0.25) is 0 Å². The van der Waals surface area contributed by atoms with Gasteiger partial charge in [-0.15, -0.1) is 0 Å². The smallest absolute Gasteiger partial charge is 0.321 e. The van der Waals surface area contributed by atoms with E-state index in [9.17, 15) is 4.79 Å². The van der Waals surface area contributed by atoms with Gasteiger partial charge in [-0.2, -0.15) is 0 Å². The molecule has 0 atom stereocenters. The Hall–Kier alpha value is -2.79. The van der Waals surface area contributed by atoms with Crippen LogP contribution < -0.4 is 5.32 Å². The molecule has 0 spiro atoms. The second kappa shape index (κ2) is 8.70. The van der Waals surface area contributed by atoms with Crippen LogP contribution in [0.3, 0.4) is 0 Å². The number of H-pyrrole nitrogens is 1. The summed E-state index contributed by atoms with van der Waals surface area (Å²) < 4.78 is 0. The number of piperazine rings is 1. The van der Waals surface area contributed by atoms with Gasteiger partial charge in [-0.05, 0) is 42.5 Å². The first-order chi connectivity index (χ1) is 14.2. The molecule has 0 radical (unpaired) electrons. The standard InChI is InChI=1S/C24H30N4O/c1-3-19-8-6-7-18(2)23(19)26-24(29)28-15-13-27(14-16-28)12-11-20-17-25-22-10-5-4-9-21(20)22/h4-10,17,25H,3,11-16H2,1-2H3,(H,26,29). The number of hydrogen-bond donors (Lipinski definition) is 2. The molecule has 1 aliphatic rings. The van der Waals surface area contributed by atoms with E-state index in [1.165, 1.54) is 22.0 Å². The third-order valence-electron chi connectivity index (χ3n) is 6.00. The minimum absolute atomic E-state index is 0.0188. The average molecular weight is 391 g/mol. The van der Waals surface area contributed by atoms with Gasteiger partial charge in [0.05, 0.1) is 0 Å². The van der Waals surface area contributed by atoms with E-state index in [-0.39, 0.29) is 6.03 Å². The fourth-order valence-electron chi connectivity index (χ4n) is 4.18. The number of aromatic nitrogens is 1. The van der Waals surface area contributed by atoms with Crippen LogP contribution in [0.25, 0.3) is 10.9 Å². The Morgan fingerprint density at radius 3 is 2.62 bits per heavy atom. The molecule has 0 bridgehead atoms. The SMILES string of the molecule is CCc1cccc(C)c1NC(=O)N1CCN(CCc2c[nH]c3ccccc23)CC1. The molecule has 1 aromatic heterocycles. The topological polar surface area (TPSA) is 51.4 Å². The van der Waals surface area contributed by atoms with Crippen molar-refractivity contribution in [1.29, 1.82) is 0 Å². The third kappa shape index (κ3) is 4.30. The number of aryl methyl sites for hydroxylation is 2. The van der Waals surface area contributed by atoms with Gasteiger partial charge in [-0.3, -0.25) is 4.90 Å². The van der Waals surface area contributed by atoms with Crippen LogP contribution in [0.5, 0.6) is 0 Å². The molecular weight excluding hydrogens is 360 g/mol. The second-order valence-corrected chi connectivity index (χ2v) is 7.83. The third-order valence-corrected chi connectivity index (χ3v) is 6.00. The van der Waals surface area contributed by atoms with Crippen LogP contribution >= 0.6 is 0 Å². The summed E-state index contributed by atoms with van der Waals surface area (Å²) in [6.07, 6.45) is 4.07. The van der Waals surface area contributed by atoms with Gasteiger partial charge in [-0.1, -0.05) is 43.3 Å². The van der Waals surface area contributed by atoms with E-state index < -0.39 is 0 Å². The van der Waals surface area contributed by atoms with Crippen molar-refractivity contribution in [2.45, 2.75) is 26.7 Å². The van der Waals surface area contributed by atoms with Gasteiger partial charge in [0.25, 0.3) is 0 Å². The van der Waals surface area contributed by atoms with Crippen molar-refractivity contribution in [3.63, 3.8) is 0 Å². The Morgan fingerprint density at radius 2 is 1.83 bits per heavy atom. The number of hydrogen-bond acceptors (Lipinski definition) is 2. The Labute approximate surface area is 172 Å². The van der Waals surface area contributed by atoms with Crippen molar-refractivity contribution in [2.75, 3.05) is 38.0 Å². The first kappa shape index (κ1) is 19.5. The number of anilines is 1. The molecule has 1 saturated heterocycles. The number of carbonyl (C=O) groups is 1. The zero-order valence-electron chi connectivity index (χ0n) is 17.4. The van der Waals surface area contributed by atoms with Crippen LogP contribution in [0.2, 0.25) is 0 Å². The lowest BCUT2D eigenvalue weighted by Crippen LogP contribution is -2.50. The minimum atomic E-state index is 0.0188. The predicted molar refractivity (Wildman–Crippen MR) is 120 cm³/mol. The molecule has 29 heavy (non-hydrogen) atoms. The molecule has 2 aromatic carbocycles. The molecule has 2 amide bonds. The molecule has 5 heteroatoms. The molecule has 5 nitrogen and oxygen atoms in total. The number of nitrogens with zero attached hydrogens (tertiary/aromatic N) is 2. The minimum Gasteiger partial charge on any atom is -0.361 e. The van der Waals surface area contributed by atoms with Gasteiger partial charge in [-0.25, -0.2) is 4.79 Å². The molecule has 0 unspecified atom stereocenters. The van der Waals surface area contributed by atoms with Gasteiger partial charge in [0.1, 0.15) is 0 Å². The molecule has 152 valence electrons. The van der Waals surface area contributed by atoms with Crippen molar-refractivity contribution in [3.8, 4) is 0 Å². The monoisotopic (exact) mass is 390 g/mol. The zero-order valence-corrected chi connectivity index (χ0v) is 17.4. The Bertz CT molecular complexity index is 985. The molecular formula is C24H30N4O. The maximum Gasteiger partial charge on any atom is 0.321 e. The lowest BCUT2D eigenvalue weighted by atomic mass is 10.1. The van der Waals surface area contributed by atoms with Gasteiger partial charge >= 0.3 is 6.03 Å². The molecule has 0 aliphatic carbocycles. The highest BCUT2D eigenvalue weighted by molar-refractivity contribution is 5.91. The Balaban J connectivity index is 1.30. The highest BCUT2D eigenvalue weighted by Gasteiger charge is 2.22. The van der Waals surface area contributed by atoms with Crippen molar-refractivity contribution in [1.82, 2.24) is 14.8 Å². The number of fused-ring (bicyclic) bond motifs is 1. The average Bonchev–Trinajstić information content (AvgIpc) is 3.17. The number of urea groups is 1. The van der Waals surface area contributed by atoms with Gasteiger partial charge in [0.15, 0.2) is 0 Å². The summed E-state index contributed by atoms with van der Waals surface area (Å²) in [7, 11) is 0. The number of aromatic amines is 1. The number of nitrogens with one attached hydrogen (secondary N) is 2. The van der Waals surface area contributed by atoms with Crippen LogP contribution in [-0.4, -0.2) is 53.5 Å². The summed E-state index contributed by atoms with van der Waals surface area (Å²) in [6.45, 7) is 8.58. The zero-order chi connectivity index (χ0) is 20.2. The van der Waals surface area contributed by atoms with E-state index in [0.717, 1.165) is 56.8 Å². The quantitative estimate of drug-likeness (QED) is 0.677. The maximum absolute atomic E-state index is 12.8. The summed E-state index contributed by atoms with van der Waals surface area (Å²) in [4.78, 5) is 20.5. The van der Waals surface area contributed by atoms with E-state index in [2.05, 4.69) is 77.7 Å². The summed E-state index contributed by atoms with van der Waals surface area (Å²) >= 11 is 0. The van der Waals surface area contributed by atoms with Crippen LogP contribution in [0.15, 0.2) is 48.7 Å². The highest BCUT2D eigenvalue weighted by Crippen LogP contribution is 2.22. The van der Waals surface area contributed by atoms with Crippen LogP contribution in [-0.2, 0) is 12.8 Å². The lowest BCUT2D eigenvalue weighted by molar-refractivity contribution is 0.148. The van der Waals surface area contributed by atoms with E-state index in [0.29, 0.717) is 0 Å². The van der Waals surface area contributed by atoms with E-state index in [1.54, 1.807) is 0 Å².